The van der Waals surface area contributed by atoms with Crippen molar-refractivity contribution in [3.8, 4) is 5.75 Å². The van der Waals surface area contributed by atoms with Gasteiger partial charge < -0.3 is 10.1 Å². The minimum Gasteiger partial charge on any atom is -0.497 e. The van der Waals surface area contributed by atoms with E-state index < -0.39 is 0 Å². The molecule has 0 aliphatic carbocycles. The summed E-state index contributed by atoms with van der Waals surface area (Å²) >= 11 is 1.47. The summed E-state index contributed by atoms with van der Waals surface area (Å²) < 4.78 is 6.76. The van der Waals surface area contributed by atoms with E-state index in [4.69, 9.17) is 4.74 Å². The van der Waals surface area contributed by atoms with Crippen molar-refractivity contribution in [2.24, 2.45) is 0 Å². The van der Waals surface area contributed by atoms with E-state index in [1.54, 1.807) is 23.8 Å². The number of fused-ring (bicyclic) bond motifs is 1. The number of nitrogens with zero attached hydrogens (tertiary/aromatic N) is 2. The average Bonchev–Trinajstić information content (AvgIpc) is 3.05. The Morgan fingerprint density at radius 3 is 2.83 bits per heavy atom. The number of thiazole rings is 1. The average molecular weight is 329 g/mol. The Balaban J connectivity index is 1.74. The van der Waals surface area contributed by atoms with Crippen molar-refractivity contribution in [3.63, 3.8) is 0 Å². The van der Waals surface area contributed by atoms with Crippen molar-refractivity contribution < 1.29 is 4.74 Å². The maximum absolute atomic E-state index is 12.0. The molecule has 1 atom stereocenters. The molecule has 3 rings (SSSR count). The van der Waals surface area contributed by atoms with Crippen LogP contribution in [-0.2, 0) is 6.54 Å². The molecule has 120 valence electrons. The Morgan fingerprint density at radius 1 is 1.35 bits per heavy atom. The fraction of sp³-hybridized carbons (Fsp3) is 0.294. The molecule has 0 aliphatic heterocycles. The lowest BCUT2D eigenvalue weighted by Gasteiger charge is -2.17. The van der Waals surface area contributed by atoms with Gasteiger partial charge in [-0.3, -0.25) is 9.20 Å². The minimum atomic E-state index is -0.0365. The molecular formula is C17H19N3O2S. The van der Waals surface area contributed by atoms with Gasteiger partial charge in [0.15, 0.2) is 4.96 Å². The number of hydrogen-bond acceptors (Lipinski definition) is 5. The summed E-state index contributed by atoms with van der Waals surface area (Å²) in [6.45, 7) is 2.70. The zero-order valence-electron chi connectivity index (χ0n) is 13.2. The van der Waals surface area contributed by atoms with Crippen molar-refractivity contribution >= 4 is 16.3 Å². The Bertz CT molecular complexity index is 839. The topological polar surface area (TPSA) is 55.6 Å². The third-order valence-electron chi connectivity index (χ3n) is 3.81. The smallest absolute Gasteiger partial charge is 0.258 e. The standard InChI is InChI=1S/C17H19N3O2S/c1-3-15(12-4-6-14(22-2)7-5-12)18-11-13-10-16(21)20-8-9-23-17(20)19-13/h4-10,15,18H,3,11H2,1-2H3. The summed E-state index contributed by atoms with van der Waals surface area (Å²) in [6.07, 6.45) is 2.70. The van der Waals surface area contributed by atoms with Crippen LogP contribution in [0.4, 0.5) is 0 Å². The van der Waals surface area contributed by atoms with E-state index in [0.29, 0.717) is 6.54 Å². The van der Waals surface area contributed by atoms with Crippen LogP contribution < -0.4 is 15.6 Å². The van der Waals surface area contributed by atoms with Gasteiger partial charge in [0.1, 0.15) is 5.75 Å². The van der Waals surface area contributed by atoms with Gasteiger partial charge in [-0.15, -0.1) is 11.3 Å². The maximum atomic E-state index is 12.0. The van der Waals surface area contributed by atoms with Crippen LogP contribution in [0.1, 0.15) is 30.6 Å². The van der Waals surface area contributed by atoms with Crippen LogP contribution in [-0.4, -0.2) is 16.5 Å². The van der Waals surface area contributed by atoms with E-state index in [-0.39, 0.29) is 11.6 Å². The molecule has 2 heterocycles. The van der Waals surface area contributed by atoms with E-state index >= 15 is 0 Å². The monoisotopic (exact) mass is 329 g/mol. The summed E-state index contributed by atoms with van der Waals surface area (Å²) in [7, 11) is 1.66. The lowest BCUT2D eigenvalue weighted by Crippen LogP contribution is -2.23. The fourth-order valence-corrected chi connectivity index (χ4v) is 3.28. The molecular weight excluding hydrogens is 310 g/mol. The third kappa shape index (κ3) is 3.43. The van der Waals surface area contributed by atoms with E-state index in [2.05, 4.69) is 29.4 Å². The van der Waals surface area contributed by atoms with Gasteiger partial charge >= 0.3 is 0 Å². The first-order valence-electron chi connectivity index (χ1n) is 7.54. The number of benzene rings is 1. The molecule has 3 aromatic rings. The molecule has 0 saturated carbocycles. The Hall–Kier alpha value is -2.18. The number of hydrogen-bond donors (Lipinski definition) is 1. The first kappa shape index (κ1) is 15.7. The van der Waals surface area contributed by atoms with Crippen LogP contribution in [0.3, 0.4) is 0 Å². The fourth-order valence-electron chi connectivity index (χ4n) is 2.54. The zero-order valence-corrected chi connectivity index (χ0v) is 14.0. The summed E-state index contributed by atoms with van der Waals surface area (Å²) in [5, 5.41) is 5.34. The molecule has 0 fully saturated rings. The maximum Gasteiger partial charge on any atom is 0.258 e. The highest BCUT2D eigenvalue weighted by molar-refractivity contribution is 7.15. The number of ether oxygens (including phenoxy) is 1. The van der Waals surface area contributed by atoms with E-state index in [1.807, 2.05) is 17.5 Å². The van der Waals surface area contributed by atoms with Gasteiger partial charge in [-0.25, -0.2) is 4.98 Å². The van der Waals surface area contributed by atoms with Crippen LogP contribution in [0.2, 0.25) is 0 Å². The van der Waals surface area contributed by atoms with Crippen LogP contribution in [0.15, 0.2) is 46.7 Å². The van der Waals surface area contributed by atoms with Crippen molar-refractivity contribution in [2.45, 2.75) is 25.9 Å². The molecule has 0 spiro atoms. The third-order valence-corrected chi connectivity index (χ3v) is 4.57. The van der Waals surface area contributed by atoms with Crippen molar-refractivity contribution in [1.29, 1.82) is 0 Å². The highest BCUT2D eigenvalue weighted by Crippen LogP contribution is 2.20. The number of aromatic nitrogens is 2. The molecule has 0 amide bonds. The number of nitrogens with one attached hydrogen (secondary N) is 1. The largest absolute Gasteiger partial charge is 0.497 e. The first-order chi connectivity index (χ1) is 11.2. The molecule has 23 heavy (non-hydrogen) atoms. The second-order valence-electron chi connectivity index (χ2n) is 5.26. The Labute approximate surface area is 138 Å². The van der Waals surface area contributed by atoms with E-state index in [0.717, 1.165) is 22.8 Å². The molecule has 0 saturated heterocycles. The molecule has 2 aromatic heterocycles. The summed E-state index contributed by atoms with van der Waals surface area (Å²) in [5.41, 5.74) is 1.93. The quantitative estimate of drug-likeness (QED) is 0.755. The van der Waals surface area contributed by atoms with Gasteiger partial charge in [0.25, 0.3) is 5.56 Å². The molecule has 0 bridgehead atoms. The van der Waals surface area contributed by atoms with Crippen LogP contribution >= 0.6 is 11.3 Å². The van der Waals surface area contributed by atoms with Crippen LogP contribution in [0.25, 0.3) is 4.96 Å². The van der Waals surface area contributed by atoms with E-state index in [1.165, 1.54) is 16.9 Å². The molecule has 1 aromatic carbocycles. The summed E-state index contributed by atoms with van der Waals surface area (Å²) in [6, 6.07) is 9.84. The molecule has 0 radical (unpaired) electrons. The summed E-state index contributed by atoms with van der Waals surface area (Å²) in [5.74, 6) is 0.849. The summed E-state index contributed by atoms with van der Waals surface area (Å²) in [4.78, 5) is 17.3. The van der Waals surface area contributed by atoms with E-state index in [9.17, 15) is 4.79 Å². The normalized spacial score (nSPS) is 12.4. The van der Waals surface area contributed by atoms with Crippen LogP contribution in [0, 0.1) is 0 Å². The number of rotatable bonds is 6. The SMILES string of the molecule is CCC(NCc1cc(=O)n2ccsc2n1)c1ccc(OC)cc1. The second kappa shape index (κ2) is 6.93. The molecule has 6 heteroatoms. The van der Waals surface area contributed by atoms with Crippen molar-refractivity contribution in [2.75, 3.05) is 7.11 Å². The zero-order chi connectivity index (χ0) is 16.2. The molecule has 1 N–H and O–H groups in total. The number of methoxy groups -OCH3 is 1. The predicted octanol–water partition coefficient (Wildman–Crippen LogP) is 3.01. The predicted molar refractivity (Wildman–Crippen MR) is 92.2 cm³/mol. The molecule has 5 nitrogen and oxygen atoms in total. The van der Waals surface area contributed by atoms with Gasteiger partial charge in [0, 0.05) is 30.2 Å². The van der Waals surface area contributed by atoms with Gasteiger partial charge in [-0.1, -0.05) is 19.1 Å². The lowest BCUT2D eigenvalue weighted by atomic mass is 10.0. The Morgan fingerprint density at radius 2 is 2.13 bits per heavy atom. The molecule has 1 unspecified atom stereocenters. The van der Waals surface area contributed by atoms with Gasteiger partial charge in [0.05, 0.1) is 12.8 Å². The Kier molecular flexibility index (Phi) is 4.73. The van der Waals surface area contributed by atoms with Crippen molar-refractivity contribution in [1.82, 2.24) is 14.7 Å². The molecule has 0 aliphatic rings. The second-order valence-corrected chi connectivity index (χ2v) is 6.13. The minimum absolute atomic E-state index is 0.0365. The highest BCUT2D eigenvalue weighted by Gasteiger charge is 2.10. The van der Waals surface area contributed by atoms with Gasteiger partial charge in [-0.05, 0) is 24.1 Å². The van der Waals surface area contributed by atoms with Crippen molar-refractivity contribution in [3.05, 3.63) is 63.5 Å². The van der Waals surface area contributed by atoms with Gasteiger partial charge in [-0.2, -0.15) is 0 Å². The first-order valence-corrected chi connectivity index (χ1v) is 8.42. The van der Waals surface area contributed by atoms with Gasteiger partial charge in [0.2, 0.25) is 0 Å². The highest BCUT2D eigenvalue weighted by atomic mass is 32.1. The lowest BCUT2D eigenvalue weighted by molar-refractivity contribution is 0.414. The van der Waals surface area contributed by atoms with Crippen LogP contribution in [0.5, 0.6) is 5.75 Å².